The highest BCUT2D eigenvalue weighted by molar-refractivity contribution is 9.10. The Morgan fingerprint density at radius 3 is 2.71 bits per heavy atom. The summed E-state index contributed by atoms with van der Waals surface area (Å²) in [4.78, 5) is 0. The van der Waals surface area contributed by atoms with Crippen LogP contribution in [0.1, 0.15) is 20.8 Å². The van der Waals surface area contributed by atoms with Gasteiger partial charge >= 0.3 is 0 Å². The molecule has 0 aliphatic carbocycles. The number of anilines is 2. The minimum Gasteiger partial charge on any atom is -0.397 e. The average molecular weight is 305 g/mol. The van der Waals surface area contributed by atoms with Crippen molar-refractivity contribution in [3.05, 3.63) is 22.4 Å². The van der Waals surface area contributed by atoms with Crippen molar-refractivity contribution in [2.75, 3.05) is 24.2 Å². The SMILES string of the molecule is CCOC(C)(C)CNc1cc(Br)c(F)cc1N. The molecule has 0 atom stereocenters. The second-order valence-electron chi connectivity index (χ2n) is 4.40. The van der Waals surface area contributed by atoms with Crippen molar-refractivity contribution in [2.45, 2.75) is 26.4 Å². The highest BCUT2D eigenvalue weighted by Gasteiger charge is 2.17. The maximum atomic E-state index is 13.2. The normalized spacial score (nSPS) is 11.6. The Bertz CT molecular complexity index is 396. The molecule has 3 nitrogen and oxygen atoms in total. The van der Waals surface area contributed by atoms with E-state index < -0.39 is 0 Å². The van der Waals surface area contributed by atoms with Crippen LogP contribution in [0.25, 0.3) is 0 Å². The van der Waals surface area contributed by atoms with Gasteiger partial charge in [0.25, 0.3) is 0 Å². The molecule has 0 bridgehead atoms. The van der Waals surface area contributed by atoms with E-state index in [1.165, 1.54) is 6.07 Å². The third-order valence-corrected chi connectivity index (χ3v) is 2.94. The molecule has 0 aliphatic rings. The van der Waals surface area contributed by atoms with Gasteiger partial charge in [0, 0.05) is 19.2 Å². The summed E-state index contributed by atoms with van der Waals surface area (Å²) < 4.78 is 19.1. The summed E-state index contributed by atoms with van der Waals surface area (Å²) in [5.41, 5.74) is 6.53. The van der Waals surface area contributed by atoms with Crippen LogP contribution in [-0.4, -0.2) is 18.8 Å². The Hall–Kier alpha value is -0.810. The molecule has 96 valence electrons. The lowest BCUT2D eigenvalue weighted by Crippen LogP contribution is -2.33. The Morgan fingerprint density at radius 1 is 1.47 bits per heavy atom. The summed E-state index contributed by atoms with van der Waals surface area (Å²) in [7, 11) is 0. The van der Waals surface area contributed by atoms with Crippen LogP contribution in [0.15, 0.2) is 16.6 Å². The Balaban J connectivity index is 2.73. The number of hydrogen-bond acceptors (Lipinski definition) is 3. The molecule has 3 N–H and O–H groups in total. The maximum Gasteiger partial charge on any atom is 0.139 e. The Morgan fingerprint density at radius 2 is 2.12 bits per heavy atom. The van der Waals surface area contributed by atoms with Gasteiger partial charge in [-0.15, -0.1) is 0 Å². The van der Waals surface area contributed by atoms with E-state index >= 15 is 0 Å². The second kappa shape index (κ2) is 5.69. The molecule has 0 aromatic heterocycles. The van der Waals surface area contributed by atoms with Crippen LogP contribution >= 0.6 is 15.9 Å². The number of nitrogens with one attached hydrogen (secondary N) is 1. The van der Waals surface area contributed by atoms with Crippen molar-refractivity contribution >= 4 is 27.3 Å². The Kier molecular flexibility index (Phi) is 4.77. The second-order valence-corrected chi connectivity index (χ2v) is 5.25. The third kappa shape index (κ3) is 4.16. The molecule has 0 fully saturated rings. The van der Waals surface area contributed by atoms with E-state index in [0.717, 1.165) is 0 Å². The third-order valence-electron chi connectivity index (χ3n) is 2.33. The molecule has 0 heterocycles. The zero-order chi connectivity index (χ0) is 13.1. The van der Waals surface area contributed by atoms with Gasteiger partial charge in [-0.05, 0) is 42.8 Å². The first kappa shape index (κ1) is 14.3. The summed E-state index contributed by atoms with van der Waals surface area (Å²) in [6.45, 7) is 7.17. The van der Waals surface area contributed by atoms with Crippen molar-refractivity contribution in [1.29, 1.82) is 0 Å². The van der Waals surface area contributed by atoms with Crippen LogP contribution in [0.2, 0.25) is 0 Å². The Labute approximate surface area is 110 Å². The predicted molar refractivity (Wildman–Crippen MR) is 72.7 cm³/mol. The van der Waals surface area contributed by atoms with Crippen LogP contribution in [-0.2, 0) is 4.74 Å². The van der Waals surface area contributed by atoms with Crippen LogP contribution < -0.4 is 11.1 Å². The largest absolute Gasteiger partial charge is 0.397 e. The van der Waals surface area contributed by atoms with Crippen molar-refractivity contribution in [1.82, 2.24) is 0 Å². The number of nitrogens with two attached hydrogens (primary N) is 1. The minimum absolute atomic E-state index is 0.290. The molecular formula is C12H18BrFN2O. The van der Waals surface area contributed by atoms with E-state index in [0.29, 0.717) is 29.0 Å². The minimum atomic E-state index is -0.364. The van der Waals surface area contributed by atoms with E-state index in [9.17, 15) is 4.39 Å². The first-order chi connectivity index (χ1) is 7.85. The molecule has 0 radical (unpaired) electrons. The highest BCUT2D eigenvalue weighted by Crippen LogP contribution is 2.27. The first-order valence-corrected chi connectivity index (χ1v) is 6.27. The molecule has 17 heavy (non-hydrogen) atoms. The van der Waals surface area contributed by atoms with E-state index in [4.69, 9.17) is 10.5 Å². The molecule has 0 amide bonds. The fraction of sp³-hybridized carbons (Fsp3) is 0.500. The number of halogens is 2. The number of nitrogen functional groups attached to an aromatic ring is 1. The lowest BCUT2D eigenvalue weighted by molar-refractivity contribution is 0.000710. The van der Waals surface area contributed by atoms with Gasteiger partial charge in [-0.1, -0.05) is 0 Å². The number of hydrogen-bond donors (Lipinski definition) is 2. The summed E-state index contributed by atoms with van der Waals surface area (Å²) in [6.07, 6.45) is 0. The molecule has 0 spiro atoms. The van der Waals surface area contributed by atoms with E-state index in [2.05, 4.69) is 21.2 Å². The van der Waals surface area contributed by atoms with E-state index in [-0.39, 0.29) is 11.4 Å². The van der Waals surface area contributed by atoms with Gasteiger partial charge in [0.05, 0.1) is 21.4 Å². The summed E-state index contributed by atoms with van der Waals surface area (Å²) in [5.74, 6) is -0.364. The topological polar surface area (TPSA) is 47.3 Å². The van der Waals surface area contributed by atoms with Gasteiger partial charge in [-0.25, -0.2) is 4.39 Å². The molecular weight excluding hydrogens is 287 g/mol. The molecule has 5 heteroatoms. The van der Waals surface area contributed by atoms with Gasteiger partial charge in [0.2, 0.25) is 0 Å². The van der Waals surface area contributed by atoms with Gasteiger partial charge in [0.15, 0.2) is 0 Å². The standard InChI is InChI=1S/C12H18BrFN2O/c1-4-17-12(2,3)7-16-11-5-8(13)9(14)6-10(11)15/h5-6,16H,4,7,15H2,1-3H3. The average Bonchev–Trinajstić information content (AvgIpc) is 2.21. The van der Waals surface area contributed by atoms with Crippen molar-refractivity contribution < 1.29 is 9.13 Å². The molecule has 0 unspecified atom stereocenters. The van der Waals surface area contributed by atoms with Gasteiger partial charge in [-0.2, -0.15) is 0 Å². The van der Waals surface area contributed by atoms with Crippen LogP contribution in [0.5, 0.6) is 0 Å². The van der Waals surface area contributed by atoms with Crippen molar-refractivity contribution in [2.24, 2.45) is 0 Å². The quantitative estimate of drug-likeness (QED) is 0.820. The molecule has 1 aromatic rings. The molecule has 0 saturated carbocycles. The zero-order valence-corrected chi connectivity index (χ0v) is 11.9. The van der Waals surface area contributed by atoms with Gasteiger partial charge in [-0.3, -0.25) is 0 Å². The summed E-state index contributed by atoms with van der Waals surface area (Å²) in [5, 5.41) is 3.16. The summed E-state index contributed by atoms with van der Waals surface area (Å²) in [6, 6.07) is 2.92. The predicted octanol–water partition coefficient (Wildman–Crippen LogP) is 3.40. The monoisotopic (exact) mass is 304 g/mol. The number of benzene rings is 1. The van der Waals surface area contributed by atoms with Crippen LogP contribution in [0.3, 0.4) is 0 Å². The van der Waals surface area contributed by atoms with Gasteiger partial charge < -0.3 is 15.8 Å². The highest BCUT2D eigenvalue weighted by atomic mass is 79.9. The zero-order valence-electron chi connectivity index (χ0n) is 10.3. The van der Waals surface area contributed by atoms with E-state index in [1.807, 2.05) is 20.8 Å². The lowest BCUT2D eigenvalue weighted by Gasteiger charge is -2.26. The lowest BCUT2D eigenvalue weighted by atomic mass is 10.1. The fourth-order valence-electron chi connectivity index (χ4n) is 1.47. The smallest absolute Gasteiger partial charge is 0.139 e. The van der Waals surface area contributed by atoms with Crippen LogP contribution in [0, 0.1) is 5.82 Å². The maximum absolute atomic E-state index is 13.2. The molecule has 0 saturated heterocycles. The van der Waals surface area contributed by atoms with Gasteiger partial charge in [0.1, 0.15) is 5.82 Å². The molecule has 1 rings (SSSR count). The first-order valence-electron chi connectivity index (χ1n) is 5.48. The fourth-order valence-corrected chi connectivity index (χ4v) is 1.81. The summed E-state index contributed by atoms with van der Waals surface area (Å²) >= 11 is 3.13. The van der Waals surface area contributed by atoms with Crippen molar-refractivity contribution in [3.8, 4) is 0 Å². The molecule has 1 aromatic carbocycles. The van der Waals surface area contributed by atoms with Crippen molar-refractivity contribution in [3.63, 3.8) is 0 Å². The van der Waals surface area contributed by atoms with E-state index in [1.54, 1.807) is 6.07 Å². The molecule has 0 aliphatic heterocycles. The van der Waals surface area contributed by atoms with Crippen LogP contribution in [0.4, 0.5) is 15.8 Å². The number of ether oxygens (including phenoxy) is 1. The number of rotatable bonds is 5.